The van der Waals surface area contributed by atoms with Crippen molar-refractivity contribution in [3.63, 3.8) is 0 Å². The zero-order valence-electron chi connectivity index (χ0n) is 6.33. The van der Waals surface area contributed by atoms with Gasteiger partial charge in [-0.15, -0.1) is 0 Å². The van der Waals surface area contributed by atoms with Gasteiger partial charge in [-0.05, 0) is 6.42 Å². The summed E-state index contributed by atoms with van der Waals surface area (Å²) in [6, 6.07) is -0.265. The smallest absolute Gasteiger partial charge is 0.323 e. The Morgan fingerprint density at radius 2 is 2.45 bits per heavy atom. The van der Waals surface area contributed by atoms with Gasteiger partial charge in [0.2, 0.25) is 0 Å². The molecule has 0 bridgehead atoms. The molecule has 60 valence electrons. The maximum Gasteiger partial charge on any atom is 0.323 e. The predicted molar refractivity (Wildman–Crippen MR) is 38.6 cm³/mol. The van der Waals surface area contributed by atoms with E-state index >= 15 is 0 Å². The lowest BCUT2D eigenvalue weighted by atomic mass is 10.2. The first-order chi connectivity index (χ1) is 5.27. The van der Waals surface area contributed by atoms with Crippen molar-refractivity contribution in [3.8, 4) is 0 Å². The van der Waals surface area contributed by atoms with Crippen LogP contribution < -0.4 is 5.32 Å². The molecule has 0 saturated carbocycles. The molecule has 4 heteroatoms. The standard InChI is InChI=1S/C7H10N2O2/c1-8-6-4-3-5(9-6)7(10)11-2/h5-6,9H,3-4H2,2H3/t5-,6?/m0/s1. The number of carbonyl (C=O) groups is 1. The van der Waals surface area contributed by atoms with Crippen molar-refractivity contribution in [1.29, 1.82) is 0 Å². The Morgan fingerprint density at radius 1 is 1.73 bits per heavy atom. The second kappa shape index (κ2) is 3.35. The quantitative estimate of drug-likeness (QED) is 0.432. The summed E-state index contributed by atoms with van der Waals surface area (Å²) in [5, 5.41) is 2.86. The predicted octanol–water partition coefficient (Wildman–Crippen LogP) is 0.157. The van der Waals surface area contributed by atoms with Crippen LogP contribution >= 0.6 is 0 Å². The minimum absolute atomic E-state index is 0.195. The number of carbonyl (C=O) groups excluding carboxylic acids is 1. The molecule has 1 saturated heterocycles. The largest absolute Gasteiger partial charge is 0.468 e. The van der Waals surface area contributed by atoms with Crippen molar-refractivity contribution in [2.75, 3.05) is 7.11 Å². The van der Waals surface area contributed by atoms with E-state index in [0.717, 1.165) is 6.42 Å². The van der Waals surface area contributed by atoms with Crippen molar-refractivity contribution in [1.82, 2.24) is 5.32 Å². The van der Waals surface area contributed by atoms with E-state index in [1.54, 1.807) is 0 Å². The lowest BCUT2D eigenvalue weighted by molar-refractivity contribution is -0.142. The van der Waals surface area contributed by atoms with Crippen LogP contribution in [0.4, 0.5) is 0 Å². The fraction of sp³-hybridized carbons (Fsp3) is 0.714. The molecule has 0 radical (unpaired) electrons. The van der Waals surface area contributed by atoms with E-state index in [2.05, 4.69) is 14.9 Å². The molecular formula is C7H10N2O2. The Morgan fingerprint density at radius 3 is 2.91 bits per heavy atom. The molecule has 0 amide bonds. The van der Waals surface area contributed by atoms with E-state index in [0.29, 0.717) is 6.42 Å². The van der Waals surface area contributed by atoms with Gasteiger partial charge < -0.3 is 4.74 Å². The molecule has 1 fully saturated rings. The van der Waals surface area contributed by atoms with Crippen LogP contribution in [0.5, 0.6) is 0 Å². The summed E-state index contributed by atoms with van der Waals surface area (Å²) in [4.78, 5) is 14.2. The number of hydrogen-bond acceptors (Lipinski definition) is 3. The van der Waals surface area contributed by atoms with Gasteiger partial charge in [0.1, 0.15) is 6.04 Å². The zero-order valence-corrected chi connectivity index (χ0v) is 6.33. The van der Waals surface area contributed by atoms with E-state index in [1.165, 1.54) is 7.11 Å². The highest BCUT2D eigenvalue weighted by Gasteiger charge is 2.32. The molecule has 2 atom stereocenters. The first-order valence-electron chi connectivity index (χ1n) is 3.48. The van der Waals surface area contributed by atoms with E-state index in [9.17, 15) is 4.79 Å². The van der Waals surface area contributed by atoms with Gasteiger partial charge in [0.05, 0.1) is 7.11 Å². The van der Waals surface area contributed by atoms with Gasteiger partial charge in [0, 0.05) is 6.42 Å². The number of ether oxygens (including phenoxy) is 1. The van der Waals surface area contributed by atoms with E-state index in [4.69, 9.17) is 6.57 Å². The third-order valence-electron chi connectivity index (χ3n) is 1.76. The molecule has 0 spiro atoms. The normalized spacial score (nSPS) is 29.5. The number of nitrogens with one attached hydrogen (secondary N) is 1. The van der Waals surface area contributed by atoms with Crippen LogP contribution in [0.3, 0.4) is 0 Å². The second-order valence-electron chi connectivity index (χ2n) is 2.46. The first-order valence-corrected chi connectivity index (χ1v) is 3.48. The van der Waals surface area contributed by atoms with Crippen LogP contribution in [-0.2, 0) is 9.53 Å². The van der Waals surface area contributed by atoms with E-state index < -0.39 is 0 Å². The molecule has 11 heavy (non-hydrogen) atoms. The number of nitrogens with zero attached hydrogens (tertiary/aromatic N) is 1. The fourth-order valence-electron chi connectivity index (χ4n) is 1.15. The molecular weight excluding hydrogens is 144 g/mol. The van der Waals surface area contributed by atoms with Gasteiger partial charge >= 0.3 is 5.97 Å². The molecule has 1 heterocycles. The first kappa shape index (κ1) is 8.02. The topological polar surface area (TPSA) is 42.7 Å². The van der Waals surface area contributed by atoms with Gasteiger partial charge in [0.15, 0.2) is 0 Å². The Balaban J connectivity index is 2.43. The summed E-state index contributed by atoms with van der Waals surface area (Å²) in [5.41, 5.74) is 0. The molecule has 0 aromatic carbocycles. The maximum absolute atomic E-state index is 10.9. The molecule has 0 aromatic heterocycles. The zero-order chi connectivity index (χ0) is 8.27. The van der Waals surface area contributed by atoms with Crippen LogP contribution in [0.2, 0.25) is 0 Å². The molecule has 1 rings (SSSR count). The third-order valence-corrected chi connectivity index (χ3v) is 1.76. The summed E-state index contributed by atoms with van der Waals surface area (Å²) in [5.74, 6) is -0.267. The van der Waals surface area contributed by atoms with Gasteiger partial charge in [-0.3, -0.25) is 9.64 Å². The lowest BCUT2D eigenvalue weighted by Gasteiger charge is -2.04. The minimum atomic E-state index is -0.267. The van der Waals surface area contributed by atoms with Crippen LogP contribution in [-0.4, -0.2) is 25.3 Å². The summed E-state index contributed by atoms with van der Waals surface area (Å²) < 4.78 is 4.52. The Hall–Kier alpha value is -1.08. The number of esters is 1. The number of hydrogen-bond donors (Lipinski definition) is 1. The van der Waals surface area contributed by atoms with Crippen LogP contribution in [0.25, 0.3) is 4.85 Å². The summed E-state index contributed by atoms with van der Waals surface area (Å²) >= 11 is 0. The SMILES string of the molecule is [C-]#[N+]C1CC[C@@H](C(=O)OC)N1. The number of methoxy groups -OCH3 is 1. The highest BCUT2D eigenvalue weighted by molar-refractivity contribution is 5.76. The highest BCUT2D eigenvalue weighted by Crippen LogP contribution is 2.13. The Bertz CT molecular complexity index is 197. The van der Waals surface area contributed by atoms with E-state index in [1.807, 2.05) is 0 Å². The number of rotatable bonds is 1. The van der Waals surface area contributed by atoms with Gasteiger partial charge in [-0.2, -0.15) is 0 Å². The van der Waals surface area contributed by atoms with Crippen LogP contribution in [0.1, 0.15) is 12.8 Å². The molecule has 4 nitrogen and oxygen atoms in total. The van der Waals surface area contributed by atoms with Crippen molar-refractivity contribution < 1.29 is 9.53 Å². The van der Waals surface area contributed by atoms with Crippen molar-refractivity contribution in [3.05, 3.63) is 11.4 Å². The Labute approximate surface area is 65.4 Å². The second-order valence-corrected chi connectivity index (χ2v) is 2.46. The summed E-state index contributed by atoms with van der Waals surface area (Å²) in [6.45, 7) is 6.70. The summed E-state index contributed by atoms with van der Waals surface area (Å²) in [7, 11) is 1.36. The van der Waals surface area contributed by atoms with Crippen molar-refractivity contribution >= 4 is 5.97 Å². The van der Waals surface area contributed by atoms with Crippen LogP contribution in [0.15, 0.2) is 0 Å². The molecule has 1 aliphatic rings. The average Bonchev–Trinajstić information content (AvgIpc) is 2.50. The van der Waals surface area contributed by atoms with E-state index in [-0.39, 0.29) is 18.2 Å². The lowest BCUT2D eigenvalue weighted by Crippen LogP contribution is -2.34. The average molecular weight is 154 g/mol. The summed E-state index contributed by atoms with van der Waals surface area (Å²) in [6.07, 6.45) is 1.25. The highest BCUT2D eigenvalue weighted by atomic mass is 16.5. The molecule has 0 aliphatic carbocycles. The molecule has 0 aromatic rings. The monoisotopic (exact) mass is 154 g/mol. The third kappa shape index (κ3) is 1.69. The van der Waals surface area contributed by atoms with Gasteiger partial charge in [-0.1, -0.05) is 0 Å². The van der Waals surface area contributed by atoms with Crippen LogP contribution in [0, 0.1) is 6.57 Å². The molecule has 1 N–H and O–H groups in total. The fourth-order valence-corrected chi connectivity index (χ4v) is 1.15. The van der Waals surface area contributed by atoms with Crippen molar-refractivity contribution in [2.24, 2.45) is 0 Å². The van der Waals surface area contributed by atoms with Gasteiger partial charge in [-0.25, -0.2) is 11.9 Å². The maximum atomic E-state index is 10.9. The molecule has 1 unspecified atom stereocenters. The Kier molecular flexibility index (Phi) is 2.44. The van der Waals surface area contributed by atoms with Crippen molar-refractivity contribution in [2.45, 2.75) is 25.0 Å². The van der Waals surface area contributed by atoms with Gasteiger partial charge in [0.25, 0.3) is 6.17 Å². The minimum Gasteiger partial charge on any atom is -0.468 e. The molecule has 1 aliphatic heterocycles.